The predicted octanol–water partition coefficient (Wildman–Crippen LogP) is 2.18. The zero-order chi connectivity index (χ0) is 10.2. The number of unbranched alkanes of at least 4 members (excludes halogenated alkanes) is 1. The molecule has 14 heavy (non-hydrogen) atoms. The van der Waals surface area contributed by atoms with Gasteiger partial charge in [-0.2, -0.15) is 11.8 Å². The SMILES string of the molecule is CCCCN(CCC)C1CSCC[N]1. The van der Waals surface area contributed by atoms with Gasteiger partial charge in [0, 0.05) is 18.1 Å². The van der Waals surface area contributed by atoms with E-state index in [1.54, 1.807) is 0 Å². The molecule has 1 unspecified atom stereocenters. The second kappa shape index (κ2) is 7.55. The smallest absolute Gasteiger partial charge is 0.0852 e. The first-order valence-electron chi connectivity index (χ1n) is 5.86. The molecule has 0 aromatic rings. The summed E-state index contributed by atoms with van der Waals surface area (Å²) in [5.41, 5.74) is 0. The average molecular weight is 215 g/mol. The lowest BCUT2D eigenvalue weighted by atomic mass is 10.2. The maximum absolute atomic E-state index is 4.71. The molecule has 3 heteroatoms. The van der Waals surface area contributed by atoms with E-state index in [0.717, 1.165) is 6.54 Å². The van der Waals surface area contributed by atoms with E-state index in [2.05, 4.69) is 30.5 Å². The van der Waals surface area contributed by atoms with Crippen molar-refractivity contribution in [1.82, 2.24) is 10.2 Å². The van der Waals surface area contributed by atoms with Gasteiger partial charge in [0.05, 0.1) is 6.17 Å². The van der Waals surface area contributed by atoms with Crippen LogP contribution in [0.2, 0.25) is 0 Å². The van der Waals surface area contributed by atoms with E-state index in [1.165, 1.54) is 43.9 Å². The molecule has 0 N–H and O–H groups in total. The van der Waals surface area contributed by atoms with Gasteiger partial charge in [-0.05, 0) is 25.9 Å². The Morgan fingerprint density at radius 1 is 1.29 bits per heavy atom. The third kappa shape index (κ3) is 4.20. The minimum Gasteiger partial charge on any atom is -0.286 e. The first kappa shape index (κ1) is 12.3. The van der Waals surface area contributed by atoms with Crippen molar-refractivity contribution >= 4 is 11.8 Å². The lowest BCUT2D eigenvalue weighted by Crippen LogP contribution is -2.47. The van der Waals surface area contributed by atoms with Crippen LogP contribution < -0.4 is 5.32 Å². The van der Waals surface area contributed by atoms with Gasteiger partial charge in [-0.15, -0.1) is 0 Å². The molecule has 0 aromatic heterocycles. The van der Waals surface area contributed by atoms with Crippen molar-refractivity contribution in [2.24, 2.45) is 0 Å². The standard InChI is InChI=1S/C11H23N2S/c1-3-5-8-13(7-4-2)11-10-14-9-6-12-11/h11H,3-10H2,1-2H3. The van der Waals surface area contributed by atoms with Crippen LogP contribution in [0.1, 0.15) is 33.1 Å². The summed E-state index contributed by atoms with van der Waals surface area (Å²) in [6.07, 6.45) is 4.37. The molecule has 1 rings (SSSR count). The Bertz CT molecular complexity index is 135. The molecule has 0 amide bonds. The maximum Gasteiger partial charge on any atom is 0.0852 e. The molecule has 0 spiro atoms. The molecule has 0 bridgehead atoms. The van der Waals surface area contributed by atoms with Crippen molar-refractivity contribution in [2.45, 2.75) is 39.3 Å². The van der Waals surface area contributed by atoms with Crippen molar-refractivity contribution < 1.29 is 0 Å². The summed E-state index contributed by atoms with van der Waals surface area (Å²) < 4.78 is 0. The highest BCUT2D eigenvalue weighted by molar-refractivity contribution is 7.99. The molecule has 0 aliphatic carbocycles. The van der Waals surface area contributed by atoms with Crippen LogP contribution >= 0.6 is 11.8 Å². The minimum atomic E-state index is 0.514. The summed E-state index contributed by atoms with van der Waals surface area (Å²) >= 11 is 2.06. The number of hydrogen-bond acceptors (Lipinski definition) is 2. The first-order valence-corrected chi connectivity index (χ1v) is 7.02. The topological polar surface area (TPSA) is 17.3 Å². The van der Waals surface area contributed by atoms with Crippen LogP contribution in [0.4, 0.5) is 0 Å². The highest BCUT2D eigenvalue weighted by Crippen LogP contribution is 2.13. The summed E-state index contributed by atoms with van der Waals surface area (Å²) in [5, 5.41) is 4.71. The van der Waals surface area contributed by atoms with Gasteiger partial charge in [-0.1, -0.05) is 20.3 Å². The fourth-order valence-corrected chi connectivity index (χ4v) is 2.72. The monoisotopic (exact) mass is 215 g/mol. The van der Waals surface area contributed by atoms with Crippen molar-refractivity contribution in [3.8, 4) is 0 Å². The quantitative estimate of drug-likeness (QED) is 0.675. The van der Waals surface area contributed by atoms with Crippen LogP contribution in [-0.4, -0.2) is 42.2 Å². The van der Waals surface area contributed by atoms with E-state index in [1.807, 2.05) is 0 Å². The molecule has 2 nitrogen and oxygen atoms in total. The predicted molar refractivity (Wildman–Crippen MR) is 64.9 cm³/mol. The van der Waals surface area contributed by atoms with E-state index in [-0.39, 0.29) is 0 Å². The molecular weight excluding hydrogens is 192 g/mol. The van der Waals surface area contributed by atoms with E-state index >= 15 is 0 Å². The number of thioether (sulfide) groups is 1. The molecule has 1 aliphatic heterocycles. The Morgan fingerprint density at radius 3 is 2.71 bits per heavy atom. The van der Waals surface area contributed by atoms with Gasteiger partial charge < -0.3 is 0 Å². The fourth-order valence-electron chi connectivity index (χ4n) is 1.79. The normalized spacial score (nSPS) is 22.9. The van der Waals surface area contributed by atoms with E-state index in [4.69, 9.17) is 5.32 Å². The molecule has 1 radical (unpaired) electrons. The molecule has 1 atom stereocenters. The van der Waals surface area contributed by atoms with Crippen molar-refractivity contribution in [3.63, 3.8) is 0 Å². The van der Waals surface area contributed by atoms with Crippen LogP contribution in [0, 0.1) is 0 Å². The number of hydrogen-bond donors (Lipinski definition) is 0. The Balaban J connectivity index is 2.30. The average Bonchev–Trinajstić information content (AvgIpc) is 2.25. The number of rotatable bonds is 6. The van der Waals surface area contributed by atoms with Gasteiger partial charge in [0.2, 0.25) is 0 Å². The van der Waals surface area contributed by atoms with Crippen molar-refractivity contribution in [1.29, 1.82) is 0 Å². The third-order valence-corrected chi connectivity index (χ3v) is 3.58. The lowest BCUT2D eigenvalue weighted by Gasteiger charge is -2.33. The molecule has 0 saturated carbocycles. The van der Waals surface area contributed by atoms with Gasteiger partial charge in [-0.3, -0.25) is 4.90 Å². The highest BCUT2D eigenvalue weighted by atomic mass is 32.2. The summed E-state index contributed by atoms with van der Waals surface area (Å²) in [6.45, 7) is 8.03. The molecule has 1 aliphatic rings. The van der Waals surface area contributed by atoms with Crippen LogP contribution in [0.5, 0.6) is 0 Å². The molecule has 1 heterocycles. The Labute approximate surface area is 92.8 Å². The van der Waals surface area contributed by atoms with Crippen LogP contribution in [-0.2, 0) is 0 Å². The van der Waals surface area contributed by atoms with Crippen LogP contribution in [0.15, 0.2) is 0 Å². The summed E-state index contributed by atoms with van der Waals surface area (Å²) in [6, 6.07) is 0. The molecule has 83 valence electrons. The van der Waals surface area contributed by atoms with E-state index in [9.17, 15) is 0 Å². The Kier molecular flexibility index (Phi) is 6.65. The van der Waals surface area contributed by atoms with Crippen LogP contribution in [0.3, 0.4) is 0 Å². The summed E-state index contributed by atoms with van der Waals surface area (Å²) in [7, 11) is 0. The molecular formula is C11H23N2S. The van der Waals surface area contributed by atoms with E-state index < -0.39 is 0 Å². The summed E-state index contributed by atoms with van der Waals surface area (Å²) in [4.78, 5) is 2.57. The highest BCUT2D eigenvalue weighted by Gasteiger charge is 2.20. The van der Waals surface area contributed by atoms with Gasteiger partial charge in [0.15, 0.2) is 0 Å². The van der Waals surface area contributed by atoms with Gasteiger partial charge >= 0.3 is 0 Å². The molecule has 1 fully saturated rings. The minimum absolute atomic E-state index is 0.514. The Hall–Kier alpha value is 0.270. The number of nitrogens with zero attached hydrogens (tertiary/aromatic N) is 2. The second-order valence-electron chi connectivity index (χ2n) is 3.85. The third-order valence-electron chi connectivity index (χ3n) is 2.57. The van der Waals surface area contributed by atoms with Gasteiger partial charge in [-0.25, -0.2) is 5.32 Å². The largest absolute Gasteiger partial charge is 0.286 e. The zero-order valence-corrected chi connectivity index (χ0v) is 10.4. The fraction of sp³-hybridized carbons (Fsp3) is 1.00. The molecule has 0 aromatic carbocycles. The van der Waals surface area contributed by atoms with E-state index in [0.29, 0.717) is 6.17 Å². The summed E-state index contributed by atoms with van der Waals surface area (Å²) in [5.74, 6) is 2.44. The maximum atomic E-state index is 4.71. The zero-order valence-electron chi connectivity index (χ0n) is 9.54. The Morgan fingerprint density at radius 2 is 2.14 bits per heavy atom. The second-order valence-corrected chi connectivity index (χ2v) is 5.00. The molecule has 1 saturated heterocycles. The first-order chi connectivity index (χ1) is 6.88. The lowest BCUT2D eigenvalue weighted by molar-refractivity contribution is 0.176. The van der Waals surface area contributed by atoms with Gasteiger partial charge in [0.25, 0.3) is 0 Å². The van der Waals surface area contributed by atoms with Gasteiger partial charge in [0.1, 0.15) is 0 Å². The van der Waals surface area contributed by atoms with Crippen molar-refractivity contribution in [2.75, 3.05) is 31.1 Å². The van der Waals surface area contributed by atoms with Crippen LogP contribution in [0.25, 0.3) is 0 Å². The van der Waals surface area contributed by atoms with Crippen molar-refractivity contribution in [3.05, 3.63) is 0 Å².